The number of halogens is 4. The zero-order valence-corrected chi connectivity index (χ0v) is 54.7. The quantitative estimate of drug-likeness (QED) is 0.101. The van der Waals surface area contributed by atoms with E-state index in [4.69, 9.17) is 55.1 Å². The first kappa shape index (κ1) is 65.0. The predicted molar refractivity (Wildman–Crippen MR) is 366 cm³/mol. The SMILES string of the molecule is CN1C(=O)[C@@H](c2ccc(C3CC3)cc2)[C@@](C)(c2cc(-c3cccc(Cl)c3)ccn2)N=C1N.COc1ccc(-c2cccc(CN3C(=O)C(c4ccccc4)(c4ccccc4)N=C3N)c2)cc1.Cc1cc(Cl)c([C@@]2(C)N=C(N)N(C)C(=O)C2c2ccc(C(C)(F)F)cc2)s1. The van der Waals surface area contributed by atoms with E-state index in [0.29, 0.717) is 33.8 Å². The molecule has 13 rings (SSSR count). The number of aryl methyl sites for hydroxylation is 1. The first-order valence-electron chi connectivity index (χ1n) is 30.3. The third-order valence-corrected chi connectivity index (χ3v) is 19.5. The van der Waals surface area contributed by atoms with Crippen LogP contribution in [0, 0.1) is 6.92 Å². The van der Waals surface area contributed by atoms with Crippen molar-refractivity contribution in [3.63, 3.8) is 0 Å². The average Bonchev–Trinajstić information content (AvgIpc) is 1.70. The lowest BCUT2D eigenvalue weighted by Gasteiger charge is -2.40. The van der Waals surface area contributed by atoms with Gasteiger partial charge in [0.05, 0.1) is 41.1 Å². The van der Waals surface area contributed by atoms with Crippen LogP contribution in [0.2, 0.25) is 10.0 Å². The van der Waals surface area contributed by atoms with Gasteiger partial charge in [-0.3, -0.25) is 34.1 Å². The van der Waals surface area contributed by atoms with E-state index in [9.17, 15) is 23.2 Å². The number of guanidine groups is 3. The number of rotatable bonds is 13. The number of carbonyl (C=O) groups is 3. The van der Waals surface area contributed by atoms with E-state index < -0.39 is 34.4 Å². The number of hydrogen-bond donors (Lipinski definition) is 3. The summed E-state index contributed by atoms with van der Waals surface area (Å²) in [6.07, 6.45) is 4.23. The normalized spacial score (nSPS) is 20.2. The summed E-state index contributed by atoms with van der Waals surface area (Å²) >= 11 is 14.1. The van der Waals surface area contributed by atoms with E-state index in [2.05, 4.69) is 40.3 Å². The summed E-state index contributed by atoms with van der Waals surface area (Å²) in [5.74, 6) is -2.75. The van der Waals surface area contributed by atoms with E-state index in [1.54, 1.807) is 51.4 Å². The molecule has 0 radical (unpaired) electrons. The van der Waals surface area contributed by atoms with Gasteiger partial charge in [-0.05, 0) is 144 Å². The fourth-order valence-corrected chi connectivity index (χ4v) is 14.1. The Balaban J connectivity index is 0.000000144. The van der Waals surface area contributed by atoms with E-state index in [1.807, 2.05) is 159 Å². The Morgan fingerprint density at radius 3 is 1.67 bits per heavy atom. The second kappa shape index (κ2) is 26.2. The van der Waals surface area contributed by atoms with Gasteiger partial charge in [0.25, 0.3) is 11.8 Å². The van der Waals surface area contributed by atoms with Gasteiger partial charge in [0, 0.05) is 42.7 Å². The molecule has 3 amide bonds. The molecular weight excluding hydrogens is 1230 g/mol. The van der Waals surface area contributed by atoms with Crippen molar-refractivity contribution in [3.05, 3.63) is 271 Å². The fourth-order valence-electron chi connectivity index (χ4n) is 12.3. The van der Waals surface area contributed by atoms with E-state index in [-0.39, 0.29) is 41.2 Å². The molecule has 14 nitrogen and oxygen atoms in total. The van der Waals surface area contributed by atoms with Gasteiger partial charge >= 0.3 is 0 Å². The molecule has 0 spiro atoms. The number of ether oxygens (including phenoxy) is 1. The molecule has 3 aliphatic heterocycles. The number of pyridine rings is 1. The molecule has 474 valence electrons. The monoisotopic (exact) mass is 1300 g/mol. The molecule has 9 aromatic rings. The fraction of sp³-hybridized carbons (Fsp3) is 0.230. The molecule has 5 heterocycles. The van der Waals surface area contributed by atoms with Crippen molar-refractivity contribution >= 4 is 70.1 Å². The minimum absolute atomic E-state index is 0.0888. The maximum absolute atomic E-state index is 14.0. The van der Waals surface area contributed by atoms with Crippen molar-refractivity contribution in [2.75, 3.05) is 21.2 Å². The van der Waals surface area contributed by atoms with Gasteiger partial charge in [0.1, 0.15) is 16.8 Å². The molecule has 1 unspecified atom stereocenters. The summed E-state index contributed by atoms with van der Waals surface area (Å²) in [6.45, 7) is 6.83. The Labute approximate surface area is 554 Å². The van der Waals surface area contributed by atoms with E-state index >= 15 is 0 Å². The minimum atomic E-state index is -2.95. The summed E-state index contributed by atoms with van der Waals surface area (Å²) in [5.41, 5.74) is 25.4. The second-order valence-corrected chi connectivity index (χ2v) is 26.2. The summed E-state index contributed by atoms with van der Waals surface area (Å²) in [4.78, 5) is 65.4. The highest BCUT2D eigenvalue weighted by molar-refractivity contribution is 7.12. The van der Waals surface area contributed by atoms with Crippen LogP contribution in [0.3, 0.4) is 0 Å². The van der Waals surface area contributed by atoms with Crippen LogP contribution in [0.15, 0.2) is 221 Å². The summed E-state index contributed by atoms with van der Waals surface area (Å²) < 4.78 is 32.4. The molecule has 93 heavy (non-hydrogen) atoms. The summed E-state index contributed by atoms with van der Waals surface area (Å²) in [6, 6.07) is 62.8. The predicted octanol–water partition coefficient (Wildman–Crippen LogP) is 14.6. The lowest BCUT2D eigenvalue weighted by molar-refractivity contribution is -0.131. The summed E-state index contributed by atoms with van der Waals surface area (Å²) in [7, 11) is 4.87. The van der Waals surface area contributed by atoms with Crippen LogP contribution in [0.25, 0.3) is 22.3 Å². The van der Waals surface area contributed by atoms with Gasteiger partial charge in [-0.15, -0.1) is 11.3 Å². The number of nitrogens with two attached hydrogens (primary N) is 3. The molecule has 4 aliphatic rings. The number of amides is 3. The molecule has 1 fully saturated rings. The minimum Gasteiger partial charge on any atom is -0.497 e. The van der Waals surface area contributed by atoms with Gasteiger partial charge in [-0.2, -0.15) is 0 Å². The average molecular weight is 1300 g/mol. The van der Waals surface area contributed by atoms with Gasteiger partial charge in [-0.1, -0.05) is 175 Å². The van der Waals surface area contributed by atoms with Crippen LogP contribution in [-0.2, 0) is 43.5 Å². The second-order valence-electron chi connectivity index (χ2n) is 24.1. The van der Waals surface area contributed by atoms with E-state index in [1.165, 1.54) is 51.7 Å². The van der Waals surface area contributed by atoms with Crippen LogP contribution >= 0.6 is 34.5 Å². The van der Waals surface area contributed by atoms with Crippen molar-refractivity contribution in [2.24, 2.45) is 32.2 Å². The maximum Gasteiger partial charge on any atom is 0.270 e. The third kappa shape index (κ3) is 13.0. The number of benzene rings is 7. The molecular formula is C74H70Cl2F2N10O4S. The number of methoxy groups -OCH3 is 1. The topological polar surface area (TPSA) is 198 Å². The lowest BCUT2D eigenvalue weighted by atomic mass is 9.76. The number of thiophene rings is 1. The smallest absolute Gasteiger partial charge is 0.270 e. The van der Waals surface area contributed by atoms with Gasteiger partial charge in [-0.25, -0.2) is 23.8 Å². The molecule has 1 aliphatic carbocycles. The Hall–Kier alpha value is -9.55. The summed E-state index contributed by atoms with van der Waals surface area (Å²) in [5, 5.41) is 1.17. The molecule has 6 N–H and O–H groups in total. The molecule has 7 aromatic carbocycles. The zero-order valence-electron chi connectivity index (χ0n) is 52.4. The maximum atomic E-state index is 14.0. The van der Waals surface area contributed by atoms with Crippen molar-refractivity contribution in [1.82, 2.24) is 19.7 Å². The Morgan fingerprint density at radius 1 is 0.602 bits per heavy atom. The van der Waals surface area contributed by atoms with Crippen molar-refractivity contribution < 1.29 is 27.9 Å². The van der Waals surface area contributed by atoms with Crippen molar-refractivity contribution in [1.29, 1.82) is 0 Å². The number of alkyl halides is 2. The highest BCUT2D eigenvalue weighted by Gasteiger charge is 2.52. The number of aromatic nitrogens is 1. The van der Waals surface area contributed by atoms with Crippen molar-refractivity contribution in [2.45, 2.75) is 87.4 Å². The molecule has 2 aromatic heterocycles. The van der Waals surface area contributed by atoms with Crippen LogP contribution in [0.5, 0.6) is 5.75 Å². The Bertz CT molecular complexity index is 4310. The standard InChI is InChI=1S/C29H25N3O2.C26H25ClN4O.C19H20ClF2N3OS/c1-34-26-17-15-22(16-18-26)23-10-8-9-21(19-23)20-32-27(33)29(31-28(32)30,24-11-4-2-5-12-24)25-13-6-3-7-14-25;1-26(22-15-20(12-13-29-22)19-4-3-5-21(27)14-19)23(24(32)31(2)25(28)30-26)18-10-8-17(9-11-18)16-6-7-16;1-10-9-13(20)15(27-10)18(2)14(16(26)25(4)17(23)24-18)11-5-7-12(8-6-11)19(3,21)22/h2-19H,20H2,1H3,(H2,30,31);3-5,8-16,23H,6-7H2,1-2H3,(H2,28,30);5-9,14H,1-4H3,(H2,23,24)/t;23-,26-;14?,18-/m.10/s1. The zero-order chi connectivity index (χ0) is 66.1. The molecule has 4 atom stereocenters. The Kier molecular flexibility index (Phi) is 18.3. The highest BCUT2D eigenvalue weighted by Crippen LogP contribution is 2.50. The molecule has 19 heteroatoms. The number of carbonyl (C=O) groups excluding carboxylic acids is 3. The Morgan fingerprint density at radius 2 is 1.13 bits per heavy atom. The van der Waals surface area contributed by atoms with Crippen LogP contribution in [0.1, 0.15) is 106 Å². The first-order chi connectivity index (χ1) is 44.4. The highest BCUT2D eigenvalue weighted by atomic mass is 35.5. The van der Waals surface area contributed by atoms with Gasteiger partial charge in [0.15, 0.2) is 23.4 Å². The van der Waals surface area contributed by atoms with Crippen molar-refractivity contribution in [3.8, 4) is 28.0 Å². The number of hydrogen-bond acceptors (Lipinski definition) is 12. The van der Waals surface area contributed by atoms with Gasteiger partial charge in [0.2, 0.25) is 11.8 Å². The number of nitrogens with zero attached hydrogens (tertiary/aromatic N) is 7. The van der Waals surface area contributed by atoms with Crippen LogP contribution < -0.4 is 21.9 Å². The van der Waals surface area contributed by atoms with Gasteiger partial charge < -0.3 is 21.9 Å². The number of aliphatic imine (C=N–C) groups is 3. The number of likely N-dealkylation sites (N-methyl/N-ethyl adjacent to an activating group) is 2. The molecule has 0 bridgehead atoms. The lowest BCUT2D eigenvalue weighted by Crippen LogP contribution is -2.52. The molecule has 1 saturated carbocycles. The largest absolute Gasteiger partial charge is 0.497 e. The first-order valence-corrected chi connectivity index (χ1v) is 31.8. The van der Waals surface area contributed by atoms with Crippen LogP contribution in [-0.4, -0.2) is 76.5 Å². The van der Waals surface area contributed by atoms with Crippen LogP contribution in [0.4, 0.5) is 8.78 Å². The molecule has 0 saturated heterocycles. The van der Waals surface area contributed by atoms with E-state index in [0.717, 1.165) is 66.9 Å². The third-order valence-electron chi connectivity index (χ3n) is 17.6.